The van der Waals surface area contributed by atoms with Gasteiger partial charge < -0.3 is 10.6 Å². The Morgan fingerprint density at radius 3 is 2.54 bits per heavy atom. The zero-order valence-corrected chi connectivity index (χ0v) is 16.1. The number of aliphatic imine (C=N–C) groups is 1. The molecule has 24 heavy (non-hydrogen) atoms. The van der Waals surface area contributed by atoms with E-state index < -0.39 is 10.0 Å². The first kappa shape index (κ1) is 19.4. The van der Waals surface area contributed by atoms with E-state index in [1.807, 2.05) is 24.3 Å². The van der Waals surface area contributed by atoms with Crippen LogP contribution in [0.4, 0.5) is 0 Å². The van der Waals surface area contributed by atoms with Crippen LogP contribution in [-0.2, 0) is 16.6 Å². The van der Waals surface area contributed by atoms with Crippen molar-refractivity contribution in [3.8, 4) is 0 Å². The molecular weight excluding hydrogens is 368 g/mol. The van der Waals surface area contributed by atoms with Crippen molar-refractivity contribution in [1.29, 1.82) is 0 Å². The Balaban J connectivity index is 1.75. The molecule has 1 heterocycles. The van der Waals surface area contributed by atoms with Gasteiger partial charge in [-0.15, -0.1) is 0 Å². The number of sulfonamides is 1. The first-order valence-electron chi connectivity index (χ1n) is 7.76. The molecule has 0 aromatic heterocycles. The van der Waals surface area contributed by atoms with Gasteiger partial charge in [0.15, 0.2) is 5.96 Å². The van der Waals surface area contributed by atoms with Gasteiger partial charge in [-0.2, -0.15) is 11.8 Å². The van der Waals surface area contributed by atoms with Crippen molar-refractivity contribution < 1.29 is 8.42 Å². The molecule has 1 saturated heterocycles. The maximum Gasteiger partial charge on any atom is 0.215 e. The van der Waals surface area contributed by atoms with E-state index in [4.69, 9.17) is 11.6 Å². The first-order chi connectivity index (χ1) is 11.5. The molecule has 0 radical (unpaired) electrons. The van der Waals surface area contributed by atoms with Gasteiger partial charge >= 0.3 is 0 Å². The van der Waals surface area contributed by atoms with Crippen molar-refractivity contribution in [1.82, 2.24) is 14.9 Å². The third kappa shape index (κ3) is 6.16. The van der Waals surface area contributed by atoms with Crippen molar-refractivity contribution in [2.75, 3.05) is 43.9 Å². The molecule has 2 rings (SSSR count). The van der Waals surface area contributed by atoms with Crippen LogP contribution < -0.4 is 10.6 Å². The summed E-state index contributed by atoms with van der Waals surface area (Å²) in [5.41, 5.74) is 1.07. The van der Waals surface area contributed by atoms with E-state index in [1.165, 1.54) is 0 Å². The van der Waals surface area contributed by atoms with Crippen molar-refractivity contribution in [2.24, 2.45) is 4.99 Å². The van der Waals surface area contributed by atoms with Crippen LogP contribution in [-0.4, -0.2) is 62.6 Å². The topological polar surface area (TPSA) is 73.8 Å². The second-order valence-corrected chi connectivity index (χ2v) is 9.06. The molecule has 9 heteroatoms. The minimum atomic E-state index is -3.20. The largest absolute Gasteiger partial charge is 0.355 e. The SMILES string of the molecule is CN=C(NCCS(=O)(=O)N1CCSCC1)NCc1ccc(Cl)cc1. The number of halogens is 1. The number of hydrogen-bond acceptors (Lipinski definition) is 4. The molecular formula is C15H23ClN4O2S2. The van der Waals surface area contributed by atoms with Crippen LogP contribution in [0.1, 0.15) is 5.56 Å². The highest BCUT2D eigenvalue weighted by molar-refractivity contribution is 7.99. The Morgan fingerprint density at radius 1 is 1.25 bits per heavy atom. The van der Waals surface area contributed by atoms with E-state index in [2.05, 4.69) is 15.6 Å². The average Bonchev–Trinajstić information content (AvgIpc) is 2.60. The van der Waals surface area contributed by atoms with Crippen LogP contribution in [0, 0.1) is 0 Å². The molecule has 134 valence electrons. The summed E-state index contributed by atoms with van der Waals surface area (Å²) in [6.45, 7) is 2.13. The van der Waals surface area contributed by atoms with E-state index in [0.29, 0.717) is 37.2 Å². The predicted molar refractivity (Wildman–Crippen MR) is 102 cm³/mol. The average molecular weight is 391 g/mol. The Bertz CT molecular complexity index is 644. The predicted octanol–water partition coefficient (Wildman–Crippen LogP) is 1.38. The normalized spacial score (nSPS) is 16.8. The minimum absolute atomic E-state index is 0.0688. The maximum atomic E-state index is 12.3. The molecule has 0 spiro atoms. The highest BCUT2D eigenvalue weighted by Crippen LogP contribution is 2.13. The van der Waals surface area contributed by atoms with Crippen molar-refractivity contribution in [3.05, 3.63) is 34.9 Å². The summed E-state index contributed by atoms with van der Waals surface area (Å²) in [4.78, 5) is 4.11. The first-order valence-corrected chi connectivity index (χ1v) is 10.9. The third-order valence-corrected chi connectivity index (χ3v) is 6.68. The fourth-order valence-electron chi connectivity index (χ4n) is 2.26. The fraction of sp³-hybridized carbons (Fsp3) is 0.533. The number of nitrogens with one attached hydrogen (secondary N) is 2. The van der Waals surface area contributed by atoms with Crippen LogP contribution in [0.3, 0.4) is 0 Å². The van der Waals surface area contributed by atoms with Crippen molar-refractivity contribution >= 4 is 39.3 Å². The summed E-state index contributed by atoms with van der Waals surface area (Å²) in [6.07, 6.45) is 0. The summed E-state index contributed by atoms with van der Waals surface area (Å²) in [7, 11) is -1.54. The zero-order valence-electron chi connectivity index (χ0n) is 13.7. The number of thioether (sulfide) groups is 1. The van der Waals surface area contributed by atoms with E-state index in [0.717, 1.165) is 17.1 Å². The molecule has 1 aliphatic rings. The monoisotopic (exact) mass is 390 g/mol. The molecule has 1 aliphatic heterocycles. The number of nitrogens with zero attached hydrogens (tertiary/aromatic N) is 2. The molecule has 0 bridgehead atoms. The molecule has 1 aromatic rings. The summed E-state index contributed by atoms with van der Waals surface area (Å²) in [5, 5.41) is 6.90. The summed E-state index contributed by atoms with van der Waals surface area (Å²) in [6, 6.07) is 7.53. The second kappa shape index (κ2) is 9.50. The number of hydrogen-bond donors (Lipinski definition) is 2. The zero-order chi connectivity index (χ0) is 17.4. The Labute approximate surface area is 153 Å². The van der Waals surface area contributed by atoms with Gasteiger partial charge in [-0.3, -0.25) is 4.99 Å². The quantitative estimate of drug-likeness (QED) is 0.567. The smallest absolute Gasteiger partial charge is 0.215 e. The summed E-state index contributed by atoms with van der Waals surface area (Å²) < 4.78 is 26.1. The number of benzene rings is 1. The molecule has 0 unspecified atom stereocenters. The minimum Gasteiger partial charge on any atom is -0.355 e. The van der Waals surface area contributed by atoms with Gasteiger partial charge in [-0.25, -0.2) is 12.7 Å². The van der Waals surface area contributed by atoms with Gasteiger partial charge in [0, 0.05) is 49.8 Å². The van der Waals surface area contributed by atoms with Crippen molar-refractivity contribution in [2.45, 2.75) is 6.54 Å². The second-order valence-electron chi connectivity index (χ2n) is 5.31. The van der Waals surface area contributed by atoms with Crippen LogP contribution in [0.25, 0.3) is 0 Å². The van der Waals surface area contributed by atoms with Gasteiger partial charge in [0.25, 0.3) is 0 Å². The van der Waals surface area contributed by atoms with Gasteiger partial charge in [0.2, 0.25) is 10.0 Å². The van der Waals surface area contributed by atoms with Crippen LogP contribution in [0.15, 0.2) is 29.3 Å². The number of guanidine groups is 1. The van der Waals surface area contributed by atoms with E-state index in [9.17, 15) is 8.42 Å². The van der Waals surface area contributed by atoms with Crippen LogP contribution >= 0.6 is 23.4 Å². The van der Waals surface area contributed by atoms with E-state index in [-0.39, 0.29) is 5.75 Å². The highest BCUT2D eigenvalue weighted by atomic mass is 35.5. The highest BCUT2D eigenvalue weighted by Gasteiger charge is 2.23. The molecule has 1 aromatic carbocycles. The standard InChI is InChI=1S/C15H23ClN4O2S2/c1-17-15(19-12-13-2-4-14(16)5-3-13)18-6-11-24(21,22)20-7-9-23-10-8-20/h2-5H,6-12H2,1H3,(H2,17,18,19). The van der Waals surface area contributed by atoms with E-state index in [1.54, 1.807) is 23.1 Å². The molecule has 6 nitrogen and oxygen atoms in total. The van der Waals surface area contributed by atoms with Crippen LogP contribution in [0.5, 0.6) is 0 Å². The van der Waals surface area contributed by atoms with Crippen molar-refractivity contribution in [3.63, 3.8) is 0 Å². The molecule has 0 saturated carbocycles. The molecule has 0 amide bonds. The molecule has 2 N–H and O–H groups in total. The lowest BCUT2D eigenvalue weighted by atomic mass is 10.2. The molecule has 0 atom stereocenters. The van der Waals surface area contributed by atoms with Gasteiger partial charge in [-0.05, 0) is 17.7 Å². The molecule has 0 aliphatic carbocycles. The van der Waals surface area contributed by atoms with E-state index >= 15 is 0 Å². The summed E-state index contributed by atoms with van der Waals surface area (Å²) in [5.74, 6) is 2.39. The van der Waals surface area contributed by atoms with Gasteiger partial charge in [-0.1, -0.05) is 23.7 Å². The Kier molecular flexibility index (Phi) is 7.67. The van der Waals surface area contributed by atoms with Gasteiger partial charge in [0.05, 0.1) is 5.75 Å². The third-order valence-electron chi connectivity index (χ3n) is 3.61. The van der Waals surface area contributed by atoms with Crippen LogP contribution in [0.2, 0.25) is 5.02 Å². The summed E-state index contributed by atoms with van der Waals surface area (Å²) >= 11 is 7.65. The van der Waals surface area contributed by atoms with Gasteiger partial charge in [0.1, 0.15) is 0 Å². The Morgan fingerprint density at radius 2 is 1.92 bits per heavy atom. The lowest BCUT2D eigenvalue weighted by molar-refractivity contribution is 0.443. The maximum absolute atomic E-state index is 12.3. The number of rotatable bonds is 6. The lowest BCUT2D eigenvalue weighted by Crippen LogP contribution is -2.44. The Hall–Kier alpha value is -0.960. The lowest BCUT2D eigenvalue weighted by Gasteiger charge is -2.25. The molecule has 1 fully saturated rings. The fourth-order valence-corrected chi connectivity index (χ4v) is 4.88.